The molecule has 1 aliphatic heterocycles. The number of amides is 1. The van der Waals surface area contributed by atoms with Crippen molar-refractivity contribution in [1.82, 2.24) is 15.0 Å². The molecular weight excluding hydrogens is 420 g/mol. The highest BCUT2D eigenvalue weighted by Gasteiger charge is 2.27. The lowest BCUT2D eigenvalue weighted by Crippen LogP contribution is -2.49. The molecule has 4 aromatic rings. The smallest absolute Gasteiger partial charge is 0.259 e. The Hall–Kier alpha value is -3.19. The number of thiophene rings is 1. The molecule has 7 heteroatoms. The van der Waals surface area contributed by atoms with Gasteiger partial charge in [-0.2, -0.15) is 0 Å². The minimum absolute atomic E-state index is 0.0128. The first-order valence-electron chi connectivity index (χ1n) is 10.9. The number of hydrogen-bond acceptors (Lipinski definition) is 6. The fourth-order valence-corrected chi connectivity index (χ4v) is 5.19. The lowest BCUT2D eigenvalue weighted by atomic mass is 10.1. The monoisotopic (exact) mass is 446 g/mol. The molecule has 0 aliphatic carbocycles. The van der Waals surface area contributed by atoms with Gasteiger partial charge in [0.15, 0.2) is 0 Å². The van der Waals surface area contributed by atoms with Crippen LogP contribution in [0.2, 0.25) is 0 Å². The number of piperazine rings is 1. The van der Waals surface area contributed by atoms with E-state index in [2.05, 4.69) is 60.1 Å². The van der Waals surface area contributed by atoms with Crippen molar-refractivity contribution >= 4 is 34.0 Å². The molecule has 1 fully saturated rings. The van der Waals surface area contributed by atoms with E-state index in [0.29, 0.717) is 35.4 Å². The number of hydrogen-bond donors (Lipinski definition) is 0. The Labute approximate surface area is 191 Å². The Morgan fingerprint density at radius 1 is 1.03 bits per heavy atom. The van der Waals surface area contributed by atoms with Crippen LogP contribution in [0.25, 0.3) is 21.7 Å². The summed E-state index contributed by atoms with van der Waals surface area (Å²) >= 11 is 1.66. The van der Waals surface area contributed by atoms with Crippen molar-refractivity contribution in [2.75, 3.05) is 31.1 Å². The van der Waals surface area contributed by atoms with Crippen molar-refractivity contribution in [3.8, 4) is 10.6 Å². The molecule has 1 saturated heterocycles. The van der Waals surface area contributed by atoms with E-state index in [1.54, 1.807) is 11.3 Å². The van der Waals surface area contributed by atoms with Gasteiger partial charge in [0.1, 0.15) is 0 Å². The minimum atomic E-state index is 0.0128. The van der Waals surface area contributed by atoms with Crippen LogP contribution in [-0.4, -0.2) is 47.1 Å². The number of pyridine rings is 1. The first-order chi connectivity index (χ1) is 15.4. The van der Waals surface area contributed by atoms with Gasteiger partial charge in [-0.1, -0.05) is 17.3 Å². The second-order valence-electron chi connectivity index (χ2n) is 8.41. The maximum atomic E-state index is 13.6. The van der Waals surface area contributed by atoms with Crippen LogP contribution in [0.1, 0.15) is 32.1 Å². The number of carbonyl (C=O) groups is 1. The van der Waals surface area contributed by atoms with E-state index in [9.17, 15) is 4.79 Å². The van der Waals surface area contributed by atoms with E-state index in [1.807, 2.05) is 24.0 Å². The molecule has 0 spiro atoms. The van der Waals surface area contributed by atoms with E-state index < -0.39 is 0 Å². The van der Waals surface area contributed by atoms with E-state index in [4.69, 9.17) is 4.52 Å². The van der Waals surface area contributed by atoms with Gasteiger partial charge in [-0.15, -0.1) is 11.3 Å². The largest absolute Gasteiger partial charge is 0.368 e. The van der Waals surface area contributed by atoms with Crippen molar-refractivity contribution in [2.24, 2.45) is 0 Å². The third kappa shape index (κ3) is 3.56. The quantitative estimate of drug-likeness (QED) is 0.436. The summed E-state index contributed by atoms with van der Waals surface area (Å²) in [5.41, 5.74) is 6.34. The molecule has 1 aromatic carbocycles. The number of benzene rings is 1. The molecule has 1 aliphatic rings. The number of fused-ring (bicyclic) bond motifs is 1. The minimum Gasteiger partial charge on any atom is -0.368 e. The maximum absolute atomic E-state index is 13.6. The normalized spacial score (nSPS) is 14.4. The molecule has 32 heavy (non-hydrogen) atoms. The van der Waals surface area contributed by atoms with Crippen LogP contribution in [0, 0.1) is 27.7 Å². The summed E-state index contributed by atoms with van der Waals surface area (Å²) in [4.78, 5) is 24.8. The molecule has 0 radical (unpaired) electrons. The molecular formula is C25H26N4O2S. The third-order valence-corrected chi connectivity index (χ3v) is 7.35. The Morgan fingerprint density at radius 3 is 2.53 bits per heavy atom. The van der Waals surface area contributed by atoms with Crippen molar-refractivity contribution in [3.05, 3.63) is 63.7 Å². The maximum Gasteiger partial charge on any atom is 0.259 e. The van der Waals surface area contributed by atoms with E-state index in [1.165, 1.54) is 21.7 Å². The topological polar surface area (TPSA) is 62.5 Å². The van der Waals surface area contributed by atoms with E-state index >= 15 is 0 Å². The van der Waals surface area contributed by atoms with Gasteiger partial charge in [-0.05, 0) is 63.1 Å². The summed E-state index contributed by atoms with van der Waals surface area (Å²) in [6.45, 7) is 11.2. The second-order valence-corrected chi connectivity index (χ2v) is 9.70. The Balaban J connectivity index is 1.44. The zero-order valence-electron chi connectivity index (χ0n) is 18.8. The molecule has 4 heterocycles. The van der Waals surface area contributed by atoms with Crippen LogP contribution < -0.4 is 4.90 Å². The van der Waals surface area contributed by atoms with Crippen LogP contribution in [0.4, 0.5) is 5.69 Å². The lowest BCUT2D eigenvalue weighted by molar-refractivity contribution is 0.0748. The molecule has 0 atom stereocenters. The van der Waals surface area contributed by atoms with Crippen LogP contribution in [0.5, 0.6) is 0 Å². The van der Waals surface area contributed by atoms with Crippen molar-refractivity contribution in [2.45, 2.75) is 27.7 Å². The van der Waals surface area contributed by atoms with Gasteiger partial charge in [-0.25, -0.2) is 4.98 Å². The SMILES string of the molecule is Cc1ccc(-c2cc(C(=O)N3CCN(c4cccc(C)c4C)CC3)c3c(C)noc3n2)s1. The molecule has 5 rings (SSSR count). The fraction of sp³-hybridized carbons (Fsp3) is 0.320. The van der Waals surface area contributed by atoms with Gasteiger partial charge in [0.2, 0.25) is 0 Å². The Morgan fingerprint density at radius 2 is 1.81 bits per heavy atom. The lowest BCUT2D eigenvalue weighted by Gasteiger charge is -2.37. The zero-order valence-corrected chi connectivity index (χ0v) is 19.6. The number of aromatic nitrogens is 2. The van der Waals surface area contributed by atoms with Crippen molar-refractivity contribution < 1.29 is 9.32 Å². The average Bonchev–Trinajstić information content (AvgIpc) is 3.40. The summed E-state index contributed by atoms with van der Waals surface area (Å²) in [7, 11) is 0. The number of carbonyl (C=O) groups excluding carboxylic acids is 1. The summed E-state index contributed by atoms with van der Waals surface area (Å²) in [6.07, 6.45) is 0. The highest BCUT2D eigenvalue weighted by Crippen LogP contribution is 2.32. The number of nitrogens with zero attached hydrogens (tertiary/aromatic N) is 4. The van der Waals surface area contributed by atoms with Gasteiger partial charge in [0.05, 0.1) is 27.2 Å². The standard InChI is InChI=1S/C25H26N4O2S/c1-15-6-5-7-21(17(15)3)28-10-12-29(13-11-28)25(30)19-14-20(22-9-8-16(2)32-22)26-24-23(19)18(4)27-31-24/h5-9,14H,10-13H2,1-4H3. The molecule has 3 aromatic heterocycles. The average molecular weight is 447 g/mol. The van der Waals surface area contributed by atoms with Crippen LogP contribution in [0.3, 0.4) is 0 Å². The highest BCUT2D eigenvalue weighted by molar-refractivity contribution is 7.15. The van der Waals surface area contributed by atoms with Crippen LogP contribution >= 0.6 is 11.3 Å². The third-order valence-electron chi connectivity index (χ3n) is 6.32. The molecule has 0 unspecified atom stereocenters. The first-order valence-corrected chi connectivity index (χ1v) is 11.7. The highest BCUT2D eigenvalue weighted by atomic mass is 32.1. The van der Waals surface area contributed by atoms with Crippen molar-refractivity contribution in [1.29, 1.82) is 0 Å². The molecule has 0 saturated carbocycles. The Kier molecular flexibility index (Phi) is 5.21. The van der Waals surface area contributed by atoms with Gasteiger partial charge in [0.25, 0.3) is 11.6 Å². The first kappa shape index (κ1) is 20.7. The van der Waals surface area contributed by atoms with E-state index in [0.717, 1.165) is 23.7 Å². The van der Waals surface area contributed by atoms with Crippen LogP contribution in [-0.2, 0) is 0 Å². The predicted octanol–water partition coefficient (Wildman–Crippen LogP) is 5.15. The van der Waals surface area contributed by atoms with Gasteiger partial charge < -0.3 is 14.3 Å². The molecule has 0 N–H and O–H groups in total. The number of anilines is 1. The molecule has 164 valence electrons. The second kappa shape index (κ2) is 8.06. The molecule has 0 bridgehead atoms. The summed E-state index contributed by atoms with van der Waals surface area (Å²) in [6, 6.07) is 12.4. The molecule has 6 nitrogen and oxygen atoms in total. The number of aryl methyl sites for hydroxylation is 3. The Bertz CT molecular complexity index is 1310. The fourth-order valence-electron chi connectivity index (χ4n) is 4.36. The zero-order chi connectivity index (χ0) is 22.4. The van der Waals surface area contributed by atoms with Gasteiger partial charge in [0, 0.05) is 36.7 Å². The van der Waals surface area contributed by atoms with Crippen LogP contribution in [0.15, 0.2) is 40.9 Å². The van der Waals surface area contributed by atoms with E-state index in [-0.39, 0.29) is 5.91 Å². The van der Waals surface area contributed by atoms with Crippen molar-refractivity contribution in [3.63, 3.8) is 0 Å². The summed E-state index contributed by atoms with van der Waals surface area (Å²) in [5.74, 6) is 0.0128. The summed E-state index contributed by atoms with van der Waals surface area (Å²) in [5, 5.41) is 4.79. The van der Waals surface area contributed by atoms with Gasteiger partial charge in [-0.3, -0.25) is 4.79 Å². The number of rotatable bonds is 3. The summed E-state index contributed by atoms with van der Waals surface area (Å²) < 4.78 is 5.46. The van der Waals surface area contributed by atoms with Gasteiger partial charge >= 0.3 is 0 Å². The predicted molar refractivity (Wildman–Crippen MR) is 129 cm³/mol. The molecule has 1 amide bonds.